The Morgan fingerprint density at radius 1 is 1.40 bits per heavy atom. The van der Waals surface area contributed by atoms with E-state index in [1.165, 1.54) is 6.07 Å². The third kappa shape index (κ3) is 1.38. The number of aromatic nitrogens is 2. The number of hydrogen-bond acceptors (Lipinski definition) is 3. The highest BCUT2D eigenvalue weighted by Gasteiger charge is 2.26. The number of phenolic OH excluding ortho intramolecular Hbond substituents is 1. The van der Waals surface area contributed by atoms with Crippen molar-refractivity contribution in [2.24, 2.45) is 0 Å². The Morgan fingerprint density at radius 3 is 2.93 bits per heavy atom. The summed E-state index contributed by atoms with van der Waals surface area (Å²) >= 11 is 0. The van der Waals surface area contributed by atoms with Crippen molar-refractivity contribution in [3.8, 4) is 5.75 Å². The molecule has 2 N–H and O–H groups in total. The zero-order valence-corrected chi connectivity index (χ0v) is 8.03. The number of nitrogens with zero attached hydrogens (tertiary/aromatic N) is 1. The van der Waals surface area contributed by atoms with Crippen LogP contribution in [-0.4, -0.2) is 15.1 Å². The summed E-state index contributed by atoms with van der Waals surface area (Å²) in [6, 6.07) is 4.66. The van der Waals surface area contributed by atoms with Gasteiger partial charge in [-0.05, 0) is 31.0 Å². The molecule has 1 aromatic carbocycles. The Balaban J connectivity index is 2.31. The Morgan fingerprint density at radius 2 is 2.20 bits per heavy atom. The minimum Gasteiger partial charge on any atom is -0.508 e. The highest BCUT2D eigenvalue weighted by Crippen LogP contribution is 2.37. The van der Waals surface area contributed by atoms with Gasteiger partial charge < -0.3 is 10.1 Å². The summed E-state index contributed by atoms with van der Waals surface area (Å²) in [5.41, 5.74) is 0.483. The highest BCUT2D eigenvalue weighted by atomic mass is 16.3. The van der Waals surface area contributed by atoms with Crippen LogP contribution < -0.4 is 5.56 Å². The van der Waals surface area contributed by atoms with Crippen LogP contribution in [0.4, 0.5) is 0 Å². The summed E-state index contributed by atoms with van der Waals surface area (Å²) in [6.45, 7) is 0. The second kappa shape index (κ2) is 2.82. The lowest BCUT2D eigenvalue weighted by molar-refractivity contribution is 0.476. The van der Waals surface area contributed by atoms with Crippen molar-refractivity contribution in [2.75, 3.05) is 0 Å². The molecule has 1 fully saturated rings. The largest absolute Gasteiger partial charge is 0.508 e. The molecule has 1 heterocycles. The van der Waals surface area contributed by atoms with Crippen LogP contribution in [0.3, 0.4) is 0 Å². The molecule has 0 unspecified atom stereocenters. The van der Waals surface area contributed by atoms with E-state index in [-0.39, 0.29) is 11.3 Å². The molecule has 0 atom stereocenters. The van der Waals surface area contributed by atoms with E-state index in [9.17, 15) is 9.90 Å². The molecule has 1 aliphatic carbocycles. The van der Waals surface area contributed by atoms with Gasteiger partial charge in [0.25, 0.3) is 5.56 Å². The number of H-pyrrole nitrogens is 1. The van der Waals surface area contributed by atoms with Crippen molar-refractivity contribution in [3.05, 3.63) is 34.4 Å². The van der Waals surface area contributed by atoms with E-state index in [0.29, 0.717) is 16.8 Å². The molecule has 4 nitrogen and oxygen atoms in total. The van der Waals surface area contributed by atoms with Crippen LogP contribution in [0.1, 0.15) is 24.6 Å². The number of rotatable bonds is 1. The first-order valence-electron chi connectivity index (χ1n) is 4.97. The van der Waals surface area contributed by atoms with Gasteiger partial charge in [-0.15, -0.1) is 0 Å². The fourth-order valence-corrected chi connectivity index (χ4v) is 1.69. The number of hydrogen-bond donors (Lipinski definition) is 2. The molecular formula is C11H10N2O2. The first-order valence-corrected chi connectivity index (χ1v) is 4.97. The standard InChI is InChI=1S/C11H10N2O2/c14-7-3-4-9-8(5-7)11(15)13-10(12-9)6-1-2-6/h3-6,14H,1-2H2,(H,12,13,15). The van der Waals surface area contributed by atoms with Crippen LogP contribution in [0.2, 0.25) is 0 Å². The molecule has 2 aromatic rings. The number of benzene rings is 1. The molecule has 0 aliphatic heterocycles. The first-order chi connectivity index (χ1) is 7.24. The lowest BCUT2D eigenvalue weighted by Crippen LogP contribution is -2.11. The van der Waals surface area contributed by atoms with Gasteiger partial charge in [0.15, 0.2) is 0 Å². The summed E-state index contributed by atoms with van der Waals surface area (Å²) in [7, 11) is 0. The van der Waals surface area contributed by atoms with Crippen molar-refractivity contribution in [1.29, 1.82) is 0 Å². The lowest BCUT2D eigenvalue weighted by Gasteiger charge is -2.01. The van der Waals surface area contributed by atoms with Crippen LogP contribution in [0.25, 0.3) is 10.9 Å². The molecule has 1 saturated carbocycles. The van der Waals surface area contributed by atoms with Gasteiger partial charge in [-0.3, -0.25) is 4.79 Å². The van der Waals surface area contributed by atoms with Crippen LogP contribution in [0.5, 0.6) is 5.75 Å². The second-order valence-electron chi connectivity index (χ2n) is 3.93. The van der Waals surface area contributed by atoms with Crippen molar-refractivity contribution < 1.29 is 5.11 Å². The topological polar surface area (TPSA) is 66.0 Å². The molecule has 3 rings (SSSR count). The van der Waals surface area contributed by atoms with E-state index >= 15 is 0 Å². The van der Waals surface area contributed by atoms with Gasteiger partial charge in [-0.2, -0.15) is 0 Å². The zero-order valence-electron chi connectivity index (χ0n) is 8.03. The molecule has 0 spiro atoms. The SMILES string of the molecule is O=c1[nH]c(C2CC2)nc2ccc(O)cc12. The summed E-state index contributed by atoms with van der Waals surface area (Å²) < 4.78 is 0. The zero-order chi connectivity index (χ0) is 10.4. The number of fused-ring (bicyclic) bond motifs is 1. The molecule has 0 amide bonds. The van der Waals surface area contributed by atoms with Gasteiger partial charge >= 0.3 is 0 Å². The monoisotopic (exact) mass is 202 g/mol. The highest BCUT2D eigenvalue weighted by molar-refractivity contribution is 5.79. The van der Waals surface area contributed by atoms with E-state index in [1.54, 1.807) is 12.1 Å². The fraction of sp³-hybridized carbons (Fsp3) is 0.273. The maximum atomic E-state index is 11.7. The maximum Gasteiger partial charge on any atom is 0.258 e. The summed E-state index contributed by atoms with van der Waals surface area (Å²) in [4.78, 5) is 18.8. The third-order valence-electron chi connectivity index (χ3n) is 2.67. The number of aromatic hydroxyl groups is 1. The Bertz CT molecular complexity index is 585. The molecule has 76 valence electrons. The number of nitrogens with one attached hydrogen (secondary N) is 1. The normalized spacial score (nSPS) is 15.7. The number of aromatic amines is 1. The van der Waals surface area contributed by atoms with Gasteiger partial charge in [0.1, 0.15) is 11.6 Å². The Kier molecular flexibility index (Phi) is 1.59. The van der Waals surface area contributed by atoms with Crippen molar-refractivity contribution in [2.45, 2.75) is 18.8 Å². The van der Waals surface area contributed by atoms with E-state index in [0.717, 1.165) is 18.7 Å². The van der Waals surface area contributed by atoms with Gasteiger partial charge in [-0.25, -0.2) is 4.98 Å². The third-order valence-corrected chi connectivity index (χ3v) is 2.67. The van der Waals surface area contributed by atoms with E-state index in [2.05, 4.69) is 9.97 Å². The van der Waals surface area contributed by atoms with Crippen LogP contribution >= 0.6 is 0 Å². The Labute approximate surface area is 85.6 Å². The van der Waals surface area contributed by atoms with Crippen LogP contribution in [-0.2, 0) is 0 Å². The van der Waals surface area contributed by atoms with E-state index < -0.39 is 0 Å². The van der Waals surface area contributed by atoms with Crippen LogP contribution in [0.15, 0.2) is 23.0 Å². The van der Waals surface area contributed by atoms with E-state index in [1.807, 2.05) is 0 Å². The van der Waals surface area contributed by atoms with Crippen molar-refractivity contribution in [1.82, 2.24) is 9.97 Å². The molecule has 1 aromatic heterocycles. The predicted molar refractivity (Wildman–Crippen MR) is 56.0 cm³/mol. The molecule has 0 radical (unpaired) electrons. The summed E-state index contributed by atoms with van der Waals surface area (Å²) in [6.07, 6.45) is 2.21. The van der Waals surface area contributed by atoms with Gasteiger partial charge in [0.2, 0.25) is 0 Å². The predicted octanol–water partition coefficient (Wildman–Crippen LogP) is 1.51. The van der Waals surface area contributed by atoms with Gasteiger partial charge in [0, 0.05) is 5.92 Å². The average molecular weight is 202 g/mol. The van der Waals surface area contributed by atoms with Crippen molar-refractivity contribution in [3.63, 3.8) is 0 Å². The fourth-order valence-electron chi connectivity index (χ4n) is 1.69. The Hall–Kier alpha value is -1.84. The minimum atomic E-state index is -0.169. The average Bonchev–Trinajstić information content (AvgIpc) is 3.02. The molecule has 0 bridgehead atoms. The van der Waals surface area contributed by atoms with Gasteiger partial charge in [0.05, 0.1) is 10.9 Å². The lowest BCUT2D eigenvalue weighted by atomic mass is 10.2. The minimum absolute atomic E-state index is 0.0916. The van der Waals surface area contributed by atoms with Crippen molar-refractivity contribution >= 4 is 10.9 Å². The molecule has 0 saturated heterocycles. The molecule has 4 heteroatoms. The molecule has 1 aliphatic rings. The summed E-state index contributed by atoms with van der Waals surface area (Å²) in [5.74, 6) is 1.29. The first kappa shape index (κ1) is 8.47. The van der Waals surface area contributed by atoms with Crippen LogP contribution in [0, 0.1) is 0 Å². The molecule has 15 heavy (non-hydrogen) atoms. The maximum absolute atomic E-state index is 11.7. The number of phenols is 1. The van der Waals surface area contributed by atoms with Gasteiger partial charge in [-0.1, -0.05) is 0 Å². The quantitative estimate of drug-likeness (QED) is 0.736. The molecular weight excluding hydrogens is 192 g/mol. The van der Waals surface area contributed by atoms with E-state index in [4.69, 9.17) is 0 Å². The second-order valence-corrected chi connectivity index (χ2v) is 3.93. The summed E-state index contributed by atoms with van der Waals surface area (Å²) in [5, 5.41) is 9.71. The smallest absolute Gasteiger partial charge is 0.258 e.